The van der Waals surface area contributed by atoms with Crippen LogP contribution < -0.4 is 20.9 Å². The van der Waals surface area contributed by atoms with E-state index in [-0.39, 0.29) is 0 Å². The number of aryl methyl sites for hydroxylation is 1. The van der Waals surface area contributed by atoms with Gasteiger partial charge in [0.1, 0.15) is 5.82 Å². The second kappa shape index (κ2) is 8.58. The molecule has 1 aliphatic rings. The molecule has 3 N–H and O–H groups in total. The topological polar surface area (TPSA) is 78.0 Å². The van der Waals surface area contributed by atoms with E-state index in [0.29, 0.717) is 5.02 Å². The maximum Gasteiger partial charge on any atom is 0.227 e. The van der Waals surface area contributed by atoms with Crippen LogP contribution in [0, 0.1) is 6.92 Å². The molecule has 0 spiro atoms. The highest BCUT2D eigenvalue weighted by molar-refractivity contribution is 6.31. The summed E-state index contributed by atoms with van der Waals surface area (Å²) in [5.41, 5.74) is 2.90. The van der Waals surface area contributed by atoms with E-state index < -0.39 is 0 Å². The van der Waals surface area contributed by atoms with E-state index in [9.17, 15) is 0 Å². The van der Waals surface area contributed by atoms with Gasteiger partial charge in [0.05, 0.1) is 5.52 Å². The Bertz CT molecular complexity index is 956. The molecule has 1 fully saturated rings. The fraction of sp³-hybridized carbons (Fsp3) is 0.350. The molecule has 3 aromatic rings. The van der Waals surface area contributed by atoms with Gasteiger partial charge < -0.3 is 20.9 Å². The predicted octanol–water partition coefficient (Wildman–Crippen LogP) is 2.92. The van der Waals surface area contributed by atoms with Crippen LogP contribution in [0.3, 0.4) is 0 Å². The SMILES string of the molecule is Cc1cc(NCCNc2ccnc3cc(Cl)ccc23)nc(N2CCNCC2)n1. The van der Waals surface area contributed by atoms with Crippen LogP contribution in [-0.4, -0.2) is 54.2 Å². The van der Waals surface area contributed by atoms with Crippen molar-refractivity contribution < 1.29 is 0 Å². The summed E-state index contributed by atoms with van der Waals surface area (Å²) in [6.07, 6.45) is 1.79. The maximum absolute atomic E-state index is 6.06. The summed E-state index contributed by atoms with van der Waals surface area (Å²) in [5.74, 6) is 1.66. The third-order valence-corrected chi connectivity index (χ3v) is 4.93. The fourth-order valence-electron chi connectivity index (χ4n) is 3.31. The number of halogens is 1. The van der Waals surface area contributed by atoms with E-state index in [2.05, 4.69) is 35.8 Å². The molecule has 1 saturated heterocycles. The molecular formula is C20H24ClN7. The minimum Gasteiger partial charge on any atom is -0.383 e. The van der Waals surface area contributed by atoms with Crippen molar-refractivity contribution in [1.82, 2.24) is 20.3 Å². The van der Waals surface area contributed by atoms with Crippen LogP contribution in [0.15, 0.2) is 36.5 Å². The number of hydrogen-bond donors (Lipinski definition) is 3. The van der Waals surface area contributed by atoms with Gasteiger partial charge in [0.15, 0.2) is 0 Å². The first kappa shape index (κ1) is 18.7. The summed E-state index contributed by atoms with van der Waals surface area (Å²) < 4.78 is 0. The Morgan fingerprint density at radius 1 is 1.07 bits per heavy atom. The number of nitrogens with one attached hydrogen (secondary N) is 3. The van der Waals surface area contributed by atoms with Gasteiger partial charge >= 0.3 is 0 Å². The minimum absolute atomic E-state index is 0.693. The van der Waals surface area contributed by atoms with Crippen LogP contribution in [0.2, 0.25) is 5.02 Å². The highest BCUT2D eigenvalue weighted by Crippen LogP contribution is 2.24. The standard InChI is InChI=1S/C20H24ClN7/c1-14-12-19(27-20(26-14)28-10-8-22-9-11-28)25-7-6-24-17-4-5-23-18-13-15(21)2-3-16(17)18/h2-5,12-13,22H,6-11H2,1H3,(H,23,24)(H,25,26,27). The predicted molar refractivity (Wildman–Crippen MR) is 116 cm³/mol. The van der Waals surface area contributed by atoms with Gasteiger partial charge in [0.2, 0.25) is 5.95 Å². The molecule has 1 aromatic carbocycles. The van der Waals surface area contributed by atoms with Crippen molar-refractivity contribution in [1.29, 1.82) is 0 Å². The van der Waals surface area contributed by atoms with Crippen molar-refractivity contribution in [3.05, 3.63) is 47.2 Å². The van der Waals surface area contributed by atoms with Gasteiger partial charge in [-0.15, -0.1) is 0 Å². The Morgan fingerprint density at radius 2 is 1.89 bits per heavy atom. The van der Waals surface area contributed by atoms with E-state index in [1.54, 1.807) is 6.20 Å². The molecule has 0 radical (unpaired) electrons. The van der Waals surface area contributed by atoms with Gasteiger partial charge in [-0.2, -0.15) is 4.98 Å². The summed E-state index contributed by atoms with van der Waals surface area (Å²) in [6, 6.07) is 9.72. The Kier molecular flexibility index (Phi) is 5.73. The first-order valence-electron chi connectivity index (χ1n) is 9.52. The summed E-state index contributed by atoms with van der Waals surface area (Å²) in [7, 11) is 0. The van der Waals surface area contributed by atoms with E-state index in [1.165, 1.54) is 0 Å². The number of aromatic nitrogens is 3. The van der Waals surface area contributed by atoms with Crippen molar-refractivity contribution in [2.24, 2.45) is 0 Å². The lowest BCUT2D eigenvalue weighted by Crippen LogP contribution is -2.44. The van der Waals surface area contributed by atoms with Gasteiger partial charge in [-0.25, -0.2) is 4.98 Å². The van der Waals surface area contributed by atoms with Crippen molar-refractivity contribution in [2.75, 3.05) is 54.8 Å². The first-order valence-corrected chi connectivity index (χ1v) is 9.90. The van der Waals surface area contributed by atoms with Crippen molar-refractivity contribution >= 4 is 40.0 Å². The Hall–Kier alpha value is -2.64. The van der Waals surface area contributed by atoms with Gasteiger partial charge in [-0.05, 0) is 31.2 Å². The van der Waals surface area contributed by atoms with Crippen LogP contribution >= 0.6 is 11.6 Å². The fourth-order valence-corrected chi connectivity index (χ4v) is 3.48. The average Bonchev–Trinajstić information content (AvgIpc) is 2.71. The normalized spacial score (nSPS) is 14.3. The second-order valence-corrected chi connectivity index (χ2v) is 7.24. The largest absolute Gasteiger partial charge is 0.383 e. The third kappa shape index (κ3) is 4.43. The number of rotatable bonds is 6. The molecule has 1 aliphatic heterocycles. The Balaban J connectivity index is 1.37. The summed E-state index contributed by atoms with van der Waals surface area (Å²) in [4.78, 5) is 15.9. The molecule has 2 aromatic heterocycles. The quantitative estimate of drug-likeness (QED) is 0.552. The molecule has 0 bridgehead atoms. The lowest BCUT2D eigenvalue weighted by atomic mass is 10.2. The number of pyridine rings is 1. The zero-order valence-electron chi connectivity index (χ0n) is 15.9. The molecule has 0 atom stereocenters. The third-order valence-electron chi connectivity index (χ3n) is 4.69. The number of anilines is 3. The number of fused-ring (bicyclic) bond motifs is 1. The van der Waals surface area contributed by atoms with E-state index >= 15 is 0 Å². The van der Waals surface area contributed by atoms with Crippen molar-refractivity contribution in [2.45, 2.75) is 6.92 Å². The smallest absolute Gasteiger partial charge is 0.227 e. The maximum atomic E-state index is 6.06. The van der Waals surface area contributed by atoms with E-state index in [0.717, 1.165) is 73.3 Å². The highest BCUT2D eigenvalue weighted by atomic mass is 35.5. The molecule has 0 amide bonds. The van der Waals surface area contributed by atoms with Crippen LogP contribution in [0.5, 0.6) is 0 Å². The van der Waals surface area contributed by atoms with Crippen LogP contribution in [0.1, 0.15) is 5.69 Å². The molecule has 28 heavy (non-hydrogen) atoms. The Labute approximate surface area is 169 Å². The van der Waals surface area contributed by atoms with E-state index in [1.807, 2.05) is 37.3 Å². The first-order chi connectivity index (χ1) is 13.7. The number of piperazine rings is 1. The van der Waals surface area contributed by atoms with Gasteiger partial charge in [0.25, 0.3) is 0 Å². The zero-order chi connectivity index (χ0) is 19.3. The lowest BCUT2D eigenvalue weighted by molar-refractivity contribution is 0.579. The Morgan fingerprint density at radius 3 is 2.75 bits per heavy atom. The molecule has 0 saturated carbocycles. The molecule has 0 aliphatic carbocycles. The van der Waals surface area contributed by atoms with Crippen molar-refractivity contribution in [3.63, 3.8) is 0 Å². The van der Waals surface area contributed by atoms with Crippen molar-refractivity contribution in [3.8, 4) is 0 Å². The lowest BCUT2D eigenvalue weighted by Gasteiger charge is -2.27. The van der Waals surface area contributed by atoms with Crippen LogP contribution in [0.4, 0.5) is 17.5 Å². The molecular weight excluding hydrogens is 374 g/mol. The van der Waals surface area contributed by atoms with Gasteiger partial charge in [-0.3, -0.25) is 4.98 Å². The highest BCUT2D eigenvalue weighted by Gasteiger charge is 2.14. The molecule has 7 nitrogen and oxygen atoms in total. The molecule has 0 unspecified atom stereocenters. The average molecular weight is 398 g/mol. The second-order valence-electron chi connectivity index (χ2n) is 6.81. The summed E-state index contributed by atoms with van der Waals surface area (Å²) in [5, 5.41) is 12.0. The van der Waals surface area contributed by atoms with Gasteiger partial charge in [0, 0.05) is 73.3 Å². The van der Waals surface area contributed by atoms with Crippen LogP contribution in [0.25, 0.3) is 10.9 Å². The summed E-state index contributed by atoms with van der Waals surface area (Å²) in [6.45, 7) is 7.31. The summed E-state index contributed by atoms with van der Waals surface area (Å²) >= 11 is 6.06. The van der Waals surface area contributed by atoms with E-state index in [4.69, 9.17) is 11.6 Å². The number of benzene rings is 1. The van der Waals surface area contributed by atoms with Gasteiger partial charge in [-0.1, -0.05) is 11.6 Å². The molecule has 8 heteroatoms. The number of hydrogen-bond acceptors (Lipinski definition) is 7. The monoisotopic (exact) mass is 397 g/mol. The molecule has 146 valence electrons. The molecule has 3 heterocycles. The zero-order valence-corrected chi connectivity index (χ0v) is 16.6. The minimum atomic E-state index is 0.693. The number of nitrogens with zero attached hydrogens (tertiary/aromatic N) is 4. The molecule has 4 rings (SSSR count). The van der Waals surface area contributed by atoms with Crippen LogP contribution in [-0.2, 0) is 0 Å².